The van der Waals surface area contributed by atoms with Gasteiger partial charge in [-0.15, -0.1) is 0 Å². The fraction of sp³-hybridized carbons (Fsp3) is 0.545. The van der Waals surface area contributed by atoms with E-state index in [4.69, 9.17) is 0 Å². The summed E-state index contributed by atoms with van der Waals surface area (Å²) in [6, 6.07) is 2.44. The average molecular weight is 367 g/mol. The van der Waals surface area contributed by atoms with E-state index in [0.717, 1.165) is 25.4 Å². The van der Waals surface area contributed by atoms with Crippen LogP contribution in [0.25, 0.3) is 0 Å². The summed E-state index contributed by atoms with van der Waals surface area (Å²) in [6.07, 6.45) is 0.881. The van der Waals surface area contributed by atoms with Crippen molar-refractivity contribution in [2.75, 3.05) is 38.1 Å². The van der Waals surface area contributed by atoms with E-state index in [1.807, 2.05) is 11.9 Å². The van der Waals surface area contributed by atoms with Gasteiger partial charge in [0.15, 0.2) is 0 Å². The molecule has 1 aliphatic heterocycles. The second-order valence-corrected chi connectivity index (χ2v) is 9.24. The molecular formula is C11H19N3O7P2. The number of likely N-dealkylation sites (N-methyl/N-ethyl adjacent to an activating group) is 1. The van der Waals surface area contributed by atoms with Gasteiger partial charge in [0.25, 0.3) is 5.08 Å². The SMILES string of the molecule is CN1CCN(c2ccc(C(O)(P(=O)(O)O)P(=O)(O)O)cn2)CC1. The highest BCUT2D eigenvalue weighted by Gasteiger charge is 2.61. The van der Waals surface area contributed by atoms with Crippen molar-refractivity contribution < 1.29 is 33.8 Å². The third kappa shape index (κ3) is 3.50. The van der Waals surface area contributed by atoms with Crippen LogP contribution in [0.4, 0.5) is 5.82 Å². The number of aromatic nitrogens is 1. The number of aliphatic hydroxyl groups is 1. The van der Waals surface area contributed by atoms with Gasteiger partial charge >= 0.3 is 15.2 Å². The maximum atomic E-state index is 11.4. The van der Waals surface area contributed by atoms with Crippen LogP contribution in [0.15, 0.2) is 18.3 Å². The smallest absolute Gasteiger partial charge is 0.364 e. The van der Waals surface area contributed by atoms with Gasteiger partial charge in [0.2, 0.25) is 0 Å². The monoisotopic (exact) mass is 367 g/mol. The summed E-state index contributed by atoms with van der Waals surface area (Å²) in [5.74, 6) is 0.501. The van der Waals surface area contributed by atoms with Gasteiger partial charge in [0, 0.05) is 37.9 Å². The number of piperazine rings is 1. The lowest BCUT2D eigenvalue weighted by molar-refractivity contribution is 0.130. The summed E-state index contributed by atoms with van der Waals surface area (Å²) in [6.45, 7) is 3.03. The molecule has 130 valence electrons. The van der Waals surface area contributed by atoms with Crippen molar-refractivity contribution in [1.29, 1.82) is 0 Å². The van der Waals surface area contributed by atoms with Crippen molar-refractivity contribution in [2.45, 2.75) is 5.08 Å². The molecule has 1 saturated heterocycles. The normalized spacial score (nSPS) is 18.3. The lowest BCUT2D eigenvalue weighted by Crippen LogP contribution is -2.44. The number of hydrogen-bond donors (Lipinski definition) is 5. The number of hydrogen-bond acceptors (Lipinski definition) is 6. The lowest BCUT2D eigenvalue weighted by Gasteiger charge is -2.34. The molecule has 10 nitrogen and oxygen atoms in total. The Balaban J connectivity index is 2.34. The van der Waals surface area contributed by atoms with Gasteiger partial charge in [0.1, 0.15) is 5.82 Å². The van der Waals surface area contributed by atoms with Crippen LogP contribution < -0.4 is 4.90 Å². The van der Waals surface area contributed by atoms with E-state index in [1.54, 1.807) is 0 Å². The first kappa shape index (κ1) is 18.5. The maximum Gasteiger partial charge on any atom is 0.374 e. The minimum Gasteiger partial charge on any atom is -0.364 e. The largest absolute Gasteiger partial charge is 0.374 e. The van der Waals surface area contributed by atoms with Gasteiger partial charge in [-0.2, -0.15) is 0 Å². The molecule has 5 N–H and O–H groups in total. The molecule has 1 aromatic rings. The highest BCUT2D eigenvalue weighted by molar-refractivity contribution is 7.71. The maximum absolute atomic E-state index is 11.4. The molecule has 0 bridgehead atoms. The van der Waals surface area contributed by atoms with E-state index in [1.165, 1.54) is 6.07 Å². The minimum atomic E-state index is -5.55. The molecule has 0 amide bonds. The highest BCUT2D eigenvalue weighted by Crippen LogP contribution is 2.72. The zero-order valence-corrected chi connectivity index (χ0v) is 14.1. The molecule has 23 heavy (non-hydrogen) atoms. The van der Waals surface area contributed by atoms with E-state index < -0.39 is 25.8 Å². The molecular weight excluding hydrogens is 348 g/mol. The molecule has 0 spiro atoms. The summed E-state index contributed by atoms with van der Waals surface area (Å²) in [5.41, 5.74) is -0.628. The fourth-order valence-electron chi connectivity index (χ4n) is 2.31. The Labute approximate surface area is 132 Å². The highest BCUT2D eigenvalue weighted by atomic mass is 31.2. The molecule has 0 aromatic carbocycles. The molecule has 1 fully saturated rings. The number of anilines is 1. The summed E-state index contributed by atoms with van der Waals surface area (Å²) in [4.78, 5) is 44.8. The van der Waals surface area contributed by atoms with Crippen LogP contribution in [-0.2, 0) is 14.2 Å². The summed E-state index contributed by atoms with van der Waals surface area (Å²) in [5, 5.41) is 6.40. The third-order valence-electron chi connectivity index (χ3n) is 3.77. The first-order chi connectivity index (χ1) is 10.5. The molecule has 0 aliphatic carbocycles. The molecule has 0 radical (unpaired) electrons. The van der Waals surface area contributed by atoms with Crippen LogP contribution in [0, 0.1) is 0 Å². The van der Waals surface area contributed by atoms with Crippen LogP contribution in [-0.4, -0.2) is 67.8 Å². The molecule has 2 heterocycles. The summed E-state index contributed by atoms with van der Waals surface area (Å²) < 4.78 is 22.9. The lowest BCUT2D eigenvalue weighted by atomic mass is 10.2. The summed E-state index contributed by atoms with van der Waals surface area (Å²) >= 11 is 0. The molecule has 2 rings (SSSR count). The number of pyridine rings is 1. The molecule has 0 unspecified atom stereocenters. The van der Waals surface area contributed by atoms with E-state index in [-0.39, 0.29) is 0 Å². The Morgan fingerprint density at radius 3 is 1.96 bits per heavy atom. The second kappa shape index (κ2) is 6.23. The first-order valence-corrected chi connectivity index (χ1v) is 9.93. The Hall–Kier alpha value is -0.830. The van der Waals surface area contributed by atoms with E-state index in [0.29, 0.717) is 18.9 Å². The standard InChI is InChI=1S/C11H19N3O7P2/c1-13-4-6-14(7-5-13)10-3-2-9(8-12-10)11(15,22(16,17)18)23(19,20)21/h2-3,8,15H,4-7H2,1H3,(H2,16,17,18)(H2,19,20,21). The van der Waals surface area contributed by atoms with Crippen LogP contribution in [0.3, 0.4) is 0 Å². The molecule has 12 heteroatoms. The van der Waals surface area contributed by atoms with Crippen LogP contribution in [0.1, 0.15) is 5.56 Å². The van der Waals surface area contributed by atoms with Crippen LogP contribution in [0.2, 0.25) is 0 Å². The summed E-state index contributed by atoms with van der Waals surface area (Å²) in [7, 11) is -9.13. The average Bonchev–Trinajstić information content (AvgIpc) is 2.45. The van der Waals surface area contributed by atoms with Gasteiger partial charge in [0.05, 0.1) is 0 Å². The van der Waals surface area contributed by atoms with Crippen molar-refractivity contribution in [1.82, 2.24) is 9.88 Å². The zero-order chi connectivity index (χ0) is 17.5. The Bertz CT molecular complexity index is 626. The van der Waals surface area contributed by atoms with Gasteiger partial charge in [-0.25, -0.2) is 4.98 Å². The van der Waals surface area contributed by atoms with E-state index >= 15 is 0 Å². The third-order valence-corrected chi connectivity index (χ3v) is 7.48. The van der Waals surface area contributed by atoms with Crippen LogP contribution >= 0.6 is 15.2 Å². The van der Waals surface area contributed by atoms with Crippen molar-refractivity contribution in [3.05, 3.63) is 23.9 Å². The number of nitrogens with zero attached hydrogens (tertiary/aromatic N) is 3. The van der Waals surface area contributed by atoms with Crippen LogP contribution in [0.5, 0.6) is 0 Å². The van der Waals surface area contributed by atoms with Crippen molar-refractivity contribution in [2.24, 2.45) is 0 Å². The van der Waals surface area contributed by atoms with Gasteiger partial charge in [-0.05, 0) is 19.2 Å². The van der Waals surface area contributed by atoms with E-state index in [2.05, 4.69) is 9.88 Å². The molecule has 1 aromatic heterocycles. The molecule has 0 saturated carbocycles. The van der Waals surface area contributed by atoms with Gasteiger partial charge < -0.3 is 34.5 Å². The minimum absolute atomic E-state index is 0.501. The van der Waals surface area contributed by atoms with Gasteiger partial charge in [-0.3, -0.25) is 9.13 Å². The quantitative estimate of drug-likeness (QED) is 0.431. The van der Waals surface area contributed by atoms with Gasteiger partial charge in [-0.1, -0.05) is 0 Å². The van der Waals surface area contributed by atoms with Crippen molar-refractivity contribution >= 4 is 21.0 Å². The van der Waals surface area contributed by atoms with E-state index in [9.17, 15) is 33.8 Å². The predicted octanol–water partition coefficient (Wildman–Crippen LogP) is -0.709. The van der Waals surface area contributed by atoms with Crippen molar-refractivity contribution in [3.63, 3.8) is 0 Å². The molecule has 0 atom stereocenters. The molecule has 1 aliphatic rings. The number of rotatable bonds is 4. The first-order valence-electron chi connectivity index (χ1n) is 6.70. The predicted molar refractivity (Wildman–Crippen MR) is 81.9 cm³/mol. The second-order valence-electron chi connectivity index (χ2n) is 5.42. The topological polar surface area (TPSA) is 155 Å². The van der Waals surface area contributed by atoms with Crippen molar-refractivity contribution in [3.8, 4) is 0 Å². The zero-order valence-electron chi connectivity index (χ0n) is 12.3. The Morgan fingerprint density at radius 1 is 1.04 bits per heavy atom. The Morgan fingerprint density at radius 2 is 1.57 bits per heavy atom. The Kier molecular flexibility index (Phi) is 5.02. The fourth-order valence-corrected chi connectivity index (χ4v) is 4.61.